The van der Waals surface area contributed by atoms with Gasteiger partial charge in [0.2, 0.25) is 5.91 Å². The number of nitrogens with two attached hydrogens (primary N) is 1. The van der Waals surface area contributed by atoms with E-state index >= 15 is 0 Å². The summed E-state index contributed by atoms with van der Waals surface area (Å²) in [5.41, 5.74) is 8.66. The van der Waals surface area contributed by atoms with Gasteiger partial charge in [-0.25, -0.2) is 4.98 Å². The number of amides is 1. The van der Waals surface area contributed by atoms with Gasteiger partial charge in [-0.1, -0.05) is 12.1 Å². The zero-order valence-electron chi connectivity index (χ0n) is 10.5. The van der Waals surface area contributed by atoms with Crippen molar-refractivity contribution in [1.82, 2.24) is 9.97 Å². The van der Waals surface area contributed by atoms with Crippen molar-refractivity contribution >= 4 is 23.2 Å². The molecule has 1 aromatic carbocycles. The number of rotatable bonds is 3. The molecule has 3 N–H and O–H groups in total. The molecule has 98 valence electrons. The first-order valence-corrected chi connectivity index (χ1v) is 6.02. The molecule has 0 saturated carbocycles. The van der Waals surface area contributed by atoms with Gasteiger partial charge in [0, 0.05) is 28.9 Å². The Labute approximate surface area is 114 Å². The summed E-state index contributed by atoms with van der Waals surface area (Å²) in [6, 6.07) is 8.77. The molecule has 2 aromatic heterocycles. The molecule has 0 spiro atoms. The molecule has 0 radical (unpaired) electrons. The average molecular weight is 265 g/mol. The number of H-pyrrole nitrogens is 1. The van der Waals surface area contributed by atoms with Gasteiger partial charge in [-0.3, -0.25) is 9.59 Å². The van der Waals surface area contributed by atoms with Crippen molar-refractivity contribution in [2.24, 2.45) is 5.73 Å². The summed E-state index contributed by atoms with van der Waals surface area (Å²) in [5.74, 6) is -0.466. The van der Waals surface area contributed by atoms with E-state index in [1.807, 2.05) is 6.07 Å². The van der Waals surface area contributed by atoms with Gasteiger partial charge in [0.25, 0.3) is 0 Å². The molecule has 0 aliphatic rings. The third-order valence-corrected chi connectivity index (χ3v) is 3.21. The van der Waals surface area contributed by atoms with Gasteiger partial charge >= 0.3 is 0 Å². The van der Waals surface area contributed by atoms with E-state index in [-0.39, 0.29) is 0 Å². The molecule has 5 nitrogen and oxygen atoms in total. The molecule has 0 atom stereocenters. The number of nitrogens with zero attached hydrogens (tertiary/aromatic N) is 1. The number of hydrogen-bond acceptors (Lipinski definition) is 3. The molecule has 3 aromatic rings. The Morgan fingerprint density at radius 1 is 1.20 bits per heavy atom. The van der Waals surface area contributed by atoms with Crippen molar-refractivity contribution in [3.05, 3.63) is 53.9 Å². The topological polar surface area (TPSA) is 88.8 Å². The summed E-state index contributed by atoms with van der Waals surface area (Å²) in [6.07, 6.45) is 4.10. The Morgan fingerprint density at radius 3 is 2.60 bits per heavy atom. The fourth-order valence-electron chi connectivity index (χ4n) is 2.23. The Kier molecular flexibility index (Phi) is 2.80. The molecular weight excluding hydrogens is 254 g/mol. The van der Waals surface area contributed by atoms with Gasteiger partial charge < -0.3 is 10.7 Å². The smallest absolute Gasteiger partial charge is 0.248 e. The summed E-state index contributed by atoms with van der Waals surface area (Å²) in [4.78, 5) is 29.3. The third kappa shape index (κ3) is 1.85. The molecule has 3 rings (SSSR count). The first-order valence-electron chi connectivity index (χ1n) is 6.02. The number of fused-ring (bicyclic) bond motifs is 1. The number of primary amides is 1. The molecule has 20 heavy (non-hydrogen) atoms. The third-order valence-electron chi connectivity index (χ3n) is 3.21. The molecule has 0 fully saturated rings. The summed E-state index contributed by atoms with van der Waals surface area (Å²) in [5, 5.41) is 0.773. The Hall–Kier alpha value is -2.95. The number of carbonyl (C=O) groups excluding carboxylic acids is 2. The maximum absolute atomic E-state index is 11.1. The predicted octanol–water partition coefficient (Wildman–Crippen LogP) is 2.14. The number of carbonyl (C=O) groups is 2. The van der Waals surface area contributed by atoms with Gasteiger partial charge in [0.1, 0.15) is 5.65 Å². The van der Waals surface area contributed by atoms with E-state index in [1.54, 1.807) is 36.7 Å². The molecule has 2 heterocycles. The zero-order valence-corrected chi connectivity index (χ0v) is 10.5. The molecule has 5 heteroatoms. The number of pyridine rings is 1. The maximum Gasteiger partial charge on any atom is 0.248 e. The van der Waals surface area contributed by atoms with Gasteiger partial charge in [0.05, 0.1) is 0 Å². The van der Waals surface area contributed by atoms with Crippen LogP contribution in [0.2, 0.25) is 0 Å². The van der Waals surface area contributed by atoms with Crippen molar-refractivity contribution in [2.75, 3.05) is 0 Å². The first kappa shape index (κ1) is 12.1. The van der Waals surface area contributed by atoms with E-state index in [1.165, 1.54) is 0 Å². The summed E-state index contributed by atoms with van der Waals surface area (Å²) >= 11 is 0. The number of aromatic nitrogens is 2. The van der Waals surface area contributed by atoms with Crippen LogP contribution in [0.25, 0.3) is 22.2 Å². The van der Waals surface area contributed by atoms with Crippen molar-refractivity contribution in [3.63, 3.8) is 0 Å². The minimum absolute atomic E-state index is 0.448. The predicted molar refractivity (Wildman–Crippen MR) is 75.4 cm³/mol. The van der Waals surface area contributed by atoms with E-state index < -0.39 is 5.91 Å². The number of hydrogen-bond donors (Lipinski definition) is 2. The molecule has 0 aliphatic heterocycles. The standard InChI is InChI=1S/C15H11N3O2/c16-14(20)10-3-1-9(2-4-10)12-5-6-17-15-13(12)11(8-19)7-18-15/h1-8H,(H2,16,20)(H,17,18). The maximum atomic E-state index is 11.1. The number of aldehydes is 1. The van der Waals surface area contributed by atoms with Crippen molar-refractivity contribution in [2.45, 2.75) is 0 Å². The van der Waals surface area contributed by atoms with Crippen LogP contribution < -0.4 is 5.73 Å². The van der Waals surface area contributed by atoms with Crippen molar-refractivity contribution < 1.29 is 9.59 Å². The number of aromatic amines is 1. The van der Waals surface area contributed by atoms with Gasteiger partial charge in [-0.2, -0.15) is 0 Å². The zero-order chi connectivity index (χ0) is 14.1. The molecule has 0 bridgehead atoms. The van der Waals surface area contributed by atoms with Crippen LogP contribution in [0.4, 0.5) is 0 Å². The van der Waals surface area contributed by atoms with E-state index in [0.29, 0.717) is 16.8 Å². The van der Waals surface area contributed by atoms with Crippen LogP contribution in [0.5, 0.6) is 0 Å². The highest BCUT2D eigenvalue weighted by molar-refractivity contribution is 6.04. The second-order valence-corrected chi connectivity index (χ2v) is 4.39. The second-order valence-electron chi connectivity index (χ2n) is 4.39. The Bertz CT molecular complexity index is 804. The molecule has 0 unspecified atom stereocenters. The first-order chi connectivity index (χ1) is 9.70. The Balaban J connectivity index is 2.21. The second kappa shape index (κ2) is 4.62. The van der Waals surface area contributed by atoms with Gasteiger partial charge in [-0.15, -0.1) is 0 Å². The summed E-state index contributed by atoms with van der Waals surface area (Å²) in [6.45, 7) is 0. The Morgan fingerprint density at radius 2 is 1.95 bits per heavy atom. The minimum atomic E-state index is -0.466. The molecule has 0 aliphatic carbocycles. The fraction of sp³-hybridized carbons (Fsp3) is 0. The molecule has 1 amide bonds. The fourth-order valence-corrected chi connectivity index (χ4v) is 2.23. The van der Waals surface area contributed by atoms with Crippen LogP contribution in [0.15, 0.2) is 42.7 Å². The van der Waals surface area contributed by atoms with Crippen LogP contribution in [0, 0.1) is 0 Å². The highest BCUT2D eigenvalue weighted by atomic mass is 16.1. The van der Waals surface area contributed by atoms with Crippen LogP contribution in [0.3, 0.4) is 0 Å². The largest absolute Gasteiger partial charge is 0.366 e. The number of benzene rings is 1. The highest BCUT2D eigenvalue weighted by Crippen LogP contribution is 2.29. The van der Waals surface area contributed by atoms with Crippen molar-refractivity contribution in [3.8, 4) is 11.1 Å². The lowest BCUT2D eigenvalue weighted by Gasteiger charge is -2.05. The minimum Gasteiger partial charge on any atom is -0.366 e. The van der Waals surface area contributed by atoms with E-state index in [4.69, 9.17) is 5.73 Å². The lowest BCUT2D eigenvalue weighted by molar-refractivity contribution is 0.1000. The van der Waals surface area contributed by atoms with Gasteiger partial charge in [-0.05, 0) is 29.3 Å². The SMILES string of the molecule is NC(=O)c1ccc(-c2ccnc3[nH]cc(C=O)c23)cc1. The number of nitrogens with one attached hydrogen (secondary N) is 1. The highest BCUT2D eigenvalue weighted by Gasteiger charge is 2.11. The van der Waals surface area contributed by atoms with E-state index in [2.05, 4.69) is 9.97 Å². The van der Waals surface area contributed by atoms with Crippen LogP contribution in [0.1, 0.15) is 20.7 Å². The lowest BCUT2D eigenvalue weighted by Crippen LogP contribution is -2.10. The van der Waals surface area contributed by atoms with E-state index in [9.17, 15) is 9.59 Å². The van der Waals surface area contributed by atoms with E-state index in [0.717, 1.165) is 22.8 Å². The van der Waals surface area contributed by atoms with Crippen molar-refractivity contribution in [1.29, 1.82) is 0 Å². The lowest BCUT2D eigenvalue weighted by atomic mass is 10.0. The normalized spacial score (nSPS) is 10.6. The van der Waals surface area contributed by atoms with Crippen LogP contribution >= 0.6 is 0 Å². The monoisotopic (exact) mass is 265 g/mol. The quantitative estimate of drug-likeness (QED) is 0.711. The summed E-state index contributed by atoms with van der Waals surface area (Å²) in [7, 11) is 0. The molecular formula is C15H11N3O2. The molecule has 0 saturated heterocycles. The van der Waals surface area contributed by atoms with Crippen LogP contribution in [-0.2, 0) is 0 Å². The summed E-state index contributed by atoms with van der Waals surface area (Å²) < 4.78 is 0. The average Bonchev–Trinajstić information content (AvgIpc) is 2.90. The van der Waals surface area contributed by atoms with Gasteiger partial charge in [0.15, 0.2) is 6.29 Å². The van der Waals surface area contributed by atoms with Crippen LogP contribution in [-0.4, -0.2) is 22.2 Å².